The van der Waals surface area contributed by atoms with E-state index in [2.05, 4.69) is 5.32 Å². The third-order valence-corrected chi connectivity index (χ3v) is 3.96. The Morgan fingerprint density at radius 2 is 1.73 bits per heavy atom. The minimum absolute atomic E-state index is 0.0786. The van der Waals surface area contributed by atoms with E-state index in [0.717, 1.165) is 31.2 Å². The molecule has 1 aromatic rings. The van der Waals surface area contributed by atoms with Crippen LogP contribution >= 0.6 is 0 Å². The van der Waals surface area contributed by atoms with E-state index < -0.39 is 0 Å². The summed E-state index contributed by atoms with van der Waals surface area (Å²) >= 11 is 0. The van der Waals surface area contributed by atoms with Crippen molar-refractivity contribution in [3.63, 3.8) is 0 Å². The SMILES string of the molecule is CCOC(CCCNC(=O)CCCc1ccc(OC)c(OC)c1)OCC. The van der Waals surface area contributed by atoms with E-state index in [4.69, 9.17) is 18.9 Å². The Morgan fingerprint density at radius 3 is 2.35 bits per heavy atom. The summed E-state index contributed by atoms with van der Waals surface area (Å²) in [6, 6.07) is 5.85. The number of rotatable bonds is 14. The number of hydrogen-bond acceptors (Lipinski definition) is 5. The van der Waals surface area contributed by atoms with Crippen LogP contribution in [0.3, 0.4) is 0 Å². The van der Waals surface area contributed by atoms with Gasteiger partial charge in [0.05, 0.1) is 14.2 Å². The van der Waals surface area contributed by atoms with E-state index in [1.807, 2.05) is 32.0 Å². The average molecular weight is 367 g/mol. The van der Waals surface area contributed by atoms with Gasteiger partial charge >= 0.3 is 0 Å². The van der Waals surface area contributed by atoms with Gasteiger partial charge < -0.3 is 24.3 Å². The van der Waals surface area contributed by atoms with E-state index >= 15 is 0 Å². The quantitative estimate of drug-likeness (QED) is 0.404. The van der Waals surface area contributed by atoms with Crippen LogP contribution in [-0.2, 0) is 20.7 Å². The maximum Gasteiger partial charge on any atom is 0.220 e. The molecule has 26 heavy (non-hydrogen) atoms. The van der Waals surface area contributed by atoms with Gasteiger partial charge in [0.15, 0.2) is 17.8 Å². The summed E-state index contributed by atoms with van der Waals surface area (Å²) in [6.45, 7) is 5.81. The fourth-order valence-electron chi connectivity index (χ4n) is 2.66. The molecule has 0 aliphatic heterocycles. The van der Waals surface area contributed by atoms with Crippen molar-refractivity contribution in [3.8, 4) is 11.5 Å². The molecule has 0 aromatic heterocycles. The zero-order valence-corrected chi connectivity index (χ0v) is 16.5. The second-order valence-corrected chi connectivity index (χ2v) is 5.88. The highest BCUT2D eigenvalue weighted by Crippen LogP contribution is 2.28. The first-order valence-electron chi connectivity index (χ1n) is 9.35. The van der Waals surface area contributed by atoms with E-state index in [-0.39, 0.29) is 12.2 Å². The lowest BCUT2D eigenvalue weighted by atomic mass is 10.1. The van der Waals surface area contributed by atoms with Gasteiger partial charge in [0.25, 0.3) is 0 Å². The van der Waals surface area contributed by atoms with Gasteiger partial charge in [0, 0.05) is 32.6 Å². The molecule has 0 saturated carbocycles. The van der Waals surface area contributed by atoms with Crippen LogP contribution in [0.1, 0.15) is 45.1 Å². The molecule has 6 heteroatoms. The van der Waals surface area contributed by atoms with Gasteiger partial charge in [-0.25, -0.2) is 0 Å². The second-order valence-electron chi connectivity index (χ2n) is 5.88. The van der Waals surface area contributed by atoms with Crippen molar-refractivity contribution in [2.24, 2.45) is 0 Å². The summed E-state index contributed by atoms with van der Waals surface area (Å²) in [4.78, 5) is 11.9. The summed E-state index contributed by atoms with van der Waals surface area (Å²) in [7, 11) is 3.24. The van der Waals surface area contributed by atoms with Crippen LogP contribution in [0, 0.1) is 0 Å². The molecule has 0 radical (unpaired) electrons. The predicted molar refractivity (Wildman–Crippen MR) is 102 cm³/mol. The summed E-state index contributed by atoms with van der Waals surface area (Å²) in [6.07, 6.45) is 3.58. The summed E-state index contributed by atoms with van der Waals surface area (Å²) in [5, 5.41) is 2.95. The fraction of sp³-hybridized carbons (Fsp3) is 0.650. The van der Waals surface area contributed by atoms with Crippen molar-refractivity contribution in [3.05, 3.63) is 23.8 Å². The predicted octanol–water partition coefficient (Wildman–Crippen LogP) is 3.32. The minimum atomic E-state index is -0.174. The molecular formula is C20H33NO5. The zero-order chi connectivity index (χ0) is 19.2. The molecule has 0 atom stereocenters. The molecule has 0 aliphatic rings. The summed E-state index contributed by atoms with van der Waals surface area (Å²) in [5.41, 5.74) is 1.13. The van der Waals surface area contributed by atoms with Crippen molar-refractivity contribution < 1.29 is 23.7 Å². The number of nitrogens with one attached hydrogen (secondary N) is 1. The molecule has 1 amide bonds. The van der Waals surface area contributed by atoms with Crippen LogP contribution in [0.2, 0.25) is 0 Å². The van der Waals surface area contributed by atoms with Gasteiger partial charge in [-0.3, -0.25) is 4.79 Å². The second kappa shape index (κ2) is 13.4. The van der Waals surface area contributed by atoms with Crippen molar-refractivity contribution in [1.29, 1.82) is 0 Å². The zero-order valence-electron chi connectivity index (χ0n) is 16.5. The van der Waals surface area contributed by atoms with E-state index in [0.29, 0.717) is 37.7 Å². The number of carbonyl (C=O) groups excluding carboxylic acids is 1. The lowest BCUT2D eigenvalue weighted by Crippen LogP contribution is -2.26. The highest BCUT2D eigenvalue weighted by Gasteiger charge is 2.08. The first kappa shape index (κ1) is 22.3. The maximum atomic E-state index is 11.9. The molecule has 0 fully saturated rings. The molecule has 0 heterocycles. The Bertz CT molecular complexity index is 515. The number of hydrogen-bond donors (Lipinski definition) is 1. The lowest BCUT2D eigenvalue weighted by molar-refractivity contribution is -0.140. The molecule has 0 aliphatic carbocycles. The highest BCUT2D eigenvalue weighted by molar-refractivity contribution is 5.75. The third kappa shape index (κ3) is 8.54. The van der Waals surface area contributed by atoms with Gasteiger partial charge in [-0.2, -0.15) is 0 Å². The van der Waals surface area contributed by atoms with Gasteiger partial charge in [0.1, 0.15) is 0 Å². The van der Waals surface area contributed by atoms with Crippen molar-refractivity contribution in [2.75, 3.05) is 34.0 Å². The number of ether oxygens (including phenoxy) is 4. The number of methoxy groups -OCH3 is 2. The number of carbonyl (C=O) groups is 1. The first-order chi connectivity index (χ1) is 12.6. The van der Waals surface area contributed by atoms with Crippen molar-refractivity contribution in [2.45, 2.75) is 52.2 Å². The van der Waals surface area contributed by atoms with E-state index in [9.17, 15) is 4.79 Å². The number of amides is 1. The molecule has 0 spiro atoms. The van der Waals surface area contributed by atoms with Crippen LogP contribution in [-0.4, -0.2) is 46.2 Å². The first-order valence-corrected chi connectivity index (χ1v) is 9.35. The van der Waals surface area contributed by atoms with Gasteiger partial charge in [-0.1, -0.05) is 6.07 Å². The van der Waals surface area contributed by atoms with Crippen LogP contribution in [0.15, 0.2) is 18.2 Å². The molecule has 6 nitrogen and oxygen atoms in total. The molecule has 0 unspecified atom stereocenters. The number of benzene rings is 1. The third-order valence-electron chi connectivity index (χ3n) is 3.96. The fourth-order valence-corrected chi connectivity index (χ4v) is 2.66. The van der Waals surface area contributed by atoms with Crippen molar-refractivity contribution in [1.82, 2.24) is 5.32 Å². The summed E-state index contributed by atoms with van der Waals surface area (Å²) in [5.74, 6) is 1.51. The molecule has 1 N–H and O–H groups in total. The van der Waals surface area contributed by atoms with Crippen LogP contribution in [0.4, 0.5) is 0 Å². The maximum absolute atomic E-state index is 11.9. The largest absolute Gasteiger partial charge is 0.493 e. The Morgan fingerprint density at radius 1 is 1.04 bits per heavy atom. The number of aryl methyl sites for hydroxylation is 1. The van der Waals surface area contributed by atoms with Crippen molar-refractivity contribution >= 4 is 5.91 Å². The molecule has 1 aromatic carbocycles. The Balaban J connectivity index is 2.22. The molecule has 1 rings (SSSR count). The Labute approximate surface area is 157 Å². The van der Waals surface area contributed by atoms with E-state index in [1.165, 1.54) is 0 Å². The highest BCUT2D eigenvalue weighted by atomic mass is 16.7. The van der Waals surface area contributed by atoms with Gasteiger partial charge in [-0.05, 0) is 50.8 Å². The molecule has 0 saturated heterocycles. The standard InChI is InChI=1S/C20H33NO5/c1-5-25-20(26-6-2)11-8-14-21-19(22)10-7-9-16-12-13-17(23-3)18(15-16)24-4/h12-13,15,20H,5-11,14H2,1-4H3,(H,21,22). The van der Waals surface area contributed by atoms with E-state index in [1.54, 1.807) is 14.2 Å². The lowest BCUT2D eigenvalue weighted by Gasteiger charge is -2.16. The monoisotopic (exact) mass is 367 g/mol. The van der Waals surface area contributed by atoms with Crippen LogP contribution < -0.4 is 14.8 Å². The van der Waals surface area contributed by atoms with Crippen LogP contribution in [0.5, 0.6) is 11.5 Å². The van der Waals surface area contributed by atoms with Gasteiger partial charge in [-0.15, -0.1) is 0 Å². The van der Waals surface area contributed by atoms with Gasteiger partial charge in [0.2, 0.25) is 5.91 Å². The Kier molecular flexibility index (Phi) is 11.5. The summed E-state index contributed by atoms with van der Waals surface area (Å²) < 4.78 is 21.5. The topological polar surface area (TPSA) is 66.0 Å². The normalized spacial score (nSPS) is 10.8. The Hall–Kier alpha value is -1.79. The minimum Gasteiger partial charge on any atom is -0.493 e. The average Bonchev–Trinajstić information content (AvgIpc) is 2.65. The molecular weight excluding hydrogens is 334 g/mol. The molecule has 0 bridgehead atoms. The smallest absolute Gasteiger partial charge is 0.220 e. The van der Waals surface area contributed by atoms with Crippen LogP contribution in [0.25, 0.3) is 0 Å². The molecule has 148 valence electrons.